The highest BCUT2D eigenvalue weighted by Gasteiger charge is 2.23. The quantitative estimate of drug-likeness (QED) is 0.723. The predicted octanol–water partition coefficient (Wildman–Crippen LogP) is 3.94. The summed E-state index contributed by atoms with van der Waals surface area (Å²) in [5.41, 5.74) is 5.54. The van der Waals surface area contributed by atoms with Crippen LogP contribution in [0, 0.1) is 13.8 Å². The van der Waals surface area contributed by atoms with Gasteiger partial charge in [0.1, 0.15) is 0 Å². The molecule has 3 rings (SSSR count). The Morgan fingerprint density at radius 2 is 1.70 bits per heavy atom. The maximum Gasteiger partial charge on any atom is 0.178 e. The average Bonchev–Trinajstić information content (AvgIpc) is 2.94. The molecule has 0 amide bonds. The summed E-state index contributed by atoms with van der Waals surface area (Å²) in [6.07, 6.45) is 0.911. The molecule has 0 fully saturated rings. The Morgan fingerprint density at radius 3 is 2.26 bits per heavy atom. The largest absolute Gasteiger partial charge is 0.493 e. The Labute approximate surface area is 161 Å². The lowest BCUT2D eigenvalue weighted by Gasteiger charge is -2.29. The summed E-state index contributed by atoms with van der Waals surface area (Å²) in [5, 5.41) is 0. The third kappa shape index (κ3) is 3.74. The van der Waals surface area contributed by atoms with Gasteiger partial charge in [0.15, 0.2) is 17.3 Å². The molecule has 0 saturated heterocycles. The van der Waals surface area contributed by atoms with Crippen molar-refractivity contribution in [3.8, 4) is 11.5 Å². The summed E-state index contributed by atoms with van der Waals surface area (Å²) in [4.78, 5) is 15.2. The molecule has 27 heavy (non-hydrogen) atoms. The van der Waals surface area contributed by atoms with Gasteiger partial charge in [0.2, 0.25) is 0 Å². The molecule has 146 valence electrons. The van der Waals surface area contributed by atoms with Gasteiger partial charge in [0.25, 0.3) is 0 Å². The van der Waals surface area contributed by atoms with Crippen LogP contribution in [-0.4, -0.2) is 42.6 Å². The summed E-state index contributed by atoms with van der Waals surface area (Å²) < 4.78 is 13.1. The van der Waals surface area contributed by atoms with E-state index in [1.807, 2.05) is 19.1 Å². The van der Waals surface area contributed by atoms with E-state index in [9.17, 15) is 4.79 Å². The minimum Gasteiger partial charge on any atom is -0.493 e. The lowest BCUT2D eigenvalue weighted by atomic mass is 9.98. The molecule has 2 aromatic rings. The maximum absolute atomic E-state index is 13.0. The zero-order chi connectivity index (χ0) is 19.7. The van der Waals surface area contributed by atoms with Crippen LogP contribution in [0.3, 0.4) is 0 Å². The van der Waals surface area contributed by atoms with Gasteiger partial charge >= 0.3 is 0 Å². The van der Waals surface area contributed by atoms with Crippen molar-refractivity contribution >= 4 is 5.78 Å². The monoisotopic (exact) mass is 370 g/mol. The molecule has 0 N–H and O–H groups in total. The van der Waals surface area contributed by atoms with Gasteiger partial charge in [0.05, 0.1) is 20.8 Å². The number of Topliss-reactive ketones (excluding diaryl/α,β-unsaturated/α-hetero) is 1. The summed E-state index contributed by atoms with van der Waals surface area (Å²) in [6.45, 7) is 10.5. The normalized spacial score (nSPS) is 14.3. The number of carbonyl (C=O) groups excluding carboxylic acids is 1. The number of ketones is 1. The molecule has 0 aliphatic carbocycles. The van der Waals surface area contributed by atoms with Crippen LogP contribution < -0.4 is 9.47 Å². The van der Waals surface area contributed by atoms with E-state index in [2.05, 4.69) is 36.3 Å². The number of ether oxygens (including phenoxy) is 2. The summed E-state index contributed by atoms with van der Waals surface area (Å²) >= 11 is 0. The second kappa shape index (κ2) is 7.77. The van der Waals surface area contributed by atoms with Crippen molar-refractivity contribution in [3.05, 3.63) is 46.3 Å². The van der Waals surface area contributed by atoms with Crippen LogP contribution in [0.25, 0.3) is 0 Å². The number of hydrogen-bond acceptors (Lipinski definition) is 4. The molecular weight excluding hydrogens is 340 g/mol. The first-order valence-electron chi connectivity index (χ1n) is 9.53. The number of carbonyl (C=O) groups is 1. The Balaban J connectivity index is 1.77. The lowest BCUT2D eigenvalue weighted by molar-refractivity contribution is 0.0920. The van der Waals surface area contributed by atoms with Crippen molar-refractivity contribution in [3.63, 3.8) is 0 Å². The van der Waals surface area contributed by atoms with Crippen molar-refractivity contribution in [2.75, 3.05) is 27.3 Å². The molecule has 1 aromatic heterocycles. The SMILES string of the molecule is COc1cc2c(cc1OC)CN(CC(=O)c1cc(C)n(C(C)C)c1C)CC2. The van der Waals surface area contributed by atoms with E-state index < -0.39 is 0 Å². The fraction of sp³-hybridized carbons (Fsp3) is 0.500. The van der Waals surface area contributed by atoms with E-state index in [4.69, 9.17) is 9.47 Å². The summed E-state index contributed by atoms with van der Waals surface area (Å²) in [6, 6.07) is 6.48. The minimum absolute atomic E-state index is 0.193. The van der Waals surface area contributed by atoms with Crippen LogP contribution in [-0.2, 0) is 13.0 Å². The number of rotatable bonds is 6. The van der Waals surface area contributed by atoms with Crippen LogP contribution >= 0.6 is 0 Å². The number of hydrogen-bond donors (Lipinski definition) is 0. The topological polar surface area (TPSA) is 43.7 Å². The van der Waals surface area contributed by atoms with E-state index >= 15 is 0 Å². The number of aryl methyl sites for hydroxylation is 1. The van der Waals surface area contributed by atoms with E-state index in [-0.39, 0.29) is 5.78 Å². The van der Waals surface area contributed by atoms with Gasteiger partial charge in [0, 0.05) is 36.1 Å². The van der Waals surface area contributed by atoms with Crippen LogP contribution in [0.15, 0.2) is 18.2 Å². The van der Waals surface area contributed by atoms with Crippen molar-refractivity contribution in [2.24, 2.45) is 0 Å². The Morgan fingerprint density at radius 1 is 1.07 bits per heavy atom. The number of benzene rings is 1. The number of fused-ring (bicyclic) bond motifs is 1. The van der Waals surface area contributed by atoms with Gasteiger partial charge < -0.3 is 14.0 Å². The summed E-state index contributed by atoms with van der Waals surface area (Å²) in [7, 11) is 3.31. The van der Waals surface area contributed by atoms with Gasteiger partial charge in [-0.3, -0.25) is 9.69 Å². The van der Waals surface area contributed by atoms with Crippen LogP contribution in [0.5, 0.6) is 11.5 Å². The van der Waals surface area contributed by atoms with Gasteiger partial charge in [-0.15, -0.1) is 0 Å². The molecule has 1 aromatic carbocycles. The average molecular weight is 370 g/mol. The van der Waals surface area contributed by atoms with E-state index in [1.54, 1.807) is 14.2 Å². The molecule has 0 atom stereocenters. The van der Waals surface area contributed by atoms with Crippen molar-refractivity contribution in [1.82, 2.24) is 9.47 Å². The van der Waals surface area contributed by atoms with E-state index in [0.717, 1.165) is 48.0 Å². The van der Waals surface area contributed by atoms with Gasteiger partial charge in [-0.05, 0) is 63.4 Å². The minimum atomic E-state index is 0.193. The lowest BCUT2D eigenvalue weighted by Crippen LogP contribution is -2.35. The standard InChI is InChI=1S/C22H30N2O3/c1-14(2)24-15(3)9-19(16(24)4)20(25)13-23-8-7-17-10-21(26-5)22(27-6)11-18(17)12-23/h9-11,14H,7-8,12-13H2,1-6H3. The van der Waals surface area contributed by atoms with Crippen LogP contribution in [0.4, 0.5) is 0 Å². The highest BCUT2D eigenvalue weighted by Crippen LogP contribution is 2.33. The number of nitrogens with zero attached hydrogens (tertiary/aromatic N) is 2. The van der Waals surface area contributed by atoms with Crippen LogP contribution in [0.1, 0.15) is 52.8 Å². The molecular formula is C22H30N2O3. The molecule has 1 aliphatic heterocycles. The molecule has 2 heterocycles. The second-order valence-corrected chi connectivity index (χ2v) is 7.61. The molecule has 0 radical (unpaired) electrons. The Hall–Kier alpha value is -2.27. The molecule has 5 nitrogen and oxygen atoms in total. The number of methoxy groups -OCH3 is 2. The molecule has 5 heteroatoms. The fourth-order valence-corrected chi connectivity index (χ4v) is 4.22. The van der Waals surface area contributed by atoms with Crippen LogP contribution in [0.2, 0.25) is 0 Å². The van der Waals surface area contributed by atoms with Gasteiger partial charge in [-0.2, -0.15) is 0 Å². The third-order valence-corrected chi connectivity index (χ3v) is 5.47. The molecule has 1 aliphatic rings. The predicted molar refractivity (Wildman–Crippen MR) is 107 cm³/mol. The first kappa shape index (κ1) is 19.5. The van der Waals surface area contributed by atoms with Crippen molar-refractivity contribution in [2.45, 2.75) is 46.7 Å². The molecule has 0 bridgehead atoms. The first-order chi connectivity index (χ1) is 12.8. The number of aromatic nitrogens is 1. The molecule has 0 unspecified atom stereocenters. The highest BCUT2D eigenvalue weighted by atomic mass is 16.5. The van der Waals surface area contributed by atoms with Gasteiger partial charge in [-0.25, -0.2) is 0 Å². The van der Waals surface area contributed by atoms with E-state index in [1.165, 1.54) is 11.1 Å². The molecule has 0 spiro atoms. The Kier molecular flexibility index (Phi) is 5.61. The zero-order valence-electron chi connectivity index (χ0n) is 17.3. The third-order valence-electron chi connectivity index (χ3n) is 5.47. The first-order valence-corrected chi connectivity index (χ1v) is 9.53. The second-order valence-electron chi connectivity index (χ2n) is 7.61. The smallest absolute Gasteiger partial charge is 0.178 e. The summed E-state index contributed by atoms with van der Waals surface area (Å²) in [5.74, 6) is 1.70. The maximum atomic E-state index is 13.0. The fourth-order valence-electron chi connectivity index (χ4n) is 4.22. The van der Waals surface area contributed by atoms with Crippen molar-refractivity contribution in [1.29, 1.82) is 0 Å². The van der Waals surface area contributed by atoms with E-state index in [0.29, 0.717) is 12.6 Å². The Bertz CT molecular complexity index is 852. The molecule has 0 saturated carbocycles. The highest BCUT2D eigenvalue weighted by molar-refractivity contribution is 5.99. The van der Waals surface area contributed by atoms with Crippen molar-refractivity contribution < 1.29 is 14.3 Å². The van der Waals surface area contributed by atoms with Gasteiger partial charge in [-0.1, -0.05) is 0 Å². The zero-order valence-corrected chi connectivity index (χ0v) is 17.3.